The SMILES string of the molecule is O=C1OC2CCCOC(O)[C@H]2O1. The summed E-state index contributed by atoms with van der Waals surface area (Å²) < 4.78 is 14.5. The van der Waals surface area contributed by atoms with Crippen LogP contribution in [0.2, 0.25) is 0 Å². The second kappa shape index (κ2) is 2.91. The van der Waals surface area contributed by atoms with E-state index in [2.05, 4.69) is 0 Å². The van der Waals surface area contributed by atoms with E-state index in [1.807, 2.05) is 0 Å². The lowest BCUT2D eigenvalue weighted by Crippen LogP contribution is -2.34. The highest BCUT2D eigenvalue weighted by Gasteiger charge is 2.43. The second-order valence-corrected chi connectivity index (χ2v) is 2.89. The Morgan fingerprint density at radius 1 is 1.42 bits per heavy atom. The van der Waals surface area contributed by atoms with E-state index in [-0.39, 0.29) is 6.10 Å². The highest BCUT2D eigenvalue weighted by atomic mass is 16.8. The fraction of sp³-hybridized carbons (Fsp3) is 0.857. The lowest BCUT2D eigenvalue weighted by atomic mass is 10.1. The number of ether oxygens (including phenoxy) is 3. The first-order valence-corrected chi connectivity index (χ1v) is 3.94. The van der Waals surface area contributed by atoms with Gasteiger partial charge in [0, 0.05) is 0 Å². The number of hydrogen-bond donors (Lipinski definition) is 1. The van der Waals surface area contributed by atoms with Crippen LogP contribution in [0.5, 0.6) is 0 Å². The molecule has 0 bridgehead atoms. The Kier molecular flexibility index (Phi) is 1.90. The van der Waals surface area contributed by atoms with Crippen molar-refractivity contribution in [2.75, 3.05) is 6.61 Å². The molecule has 0 aromatic rings. The molecule has 2 heterocycles. The zero-order valence-corrected chi connectivity index (χ0v) is 6.43. The van der Waals surface area contributed by atoms with Gasteiger partial charge in [0.1, 0.15) is 6.10 Å². The van der Waals surface area contributed by atoms with Crippen molar-refractivity contribution in [3.05, 3.63) is 0 Å². The lowest BCUT2D eigenvalue weighted by molar-refractivity contribution is -0.150. The van der Waals surface area contributed by atoms with Crippen LogP contribution >= 0.6 is 0 Å². The van der Waals surface area contributed by atoms with Gasteiger partial charge in [0.2, 0.25) is 0 Å². The first kappa shape index (κ1) is 7.82. The van der Waals surface area contributed by atoms with Crippen LogP contribution in [0.3, 0.4) is 0 Å². The molecule has 5 nitrogen and oxygen atoms in total. The molecule has 0 aliphatic carbocycles. The van der Waals surface area contributed by atoms with Crippen LogP contribution in [0, 0.1) is 0 Å². The maximum Gasteiger partial charge on any atom is 0.509 e. The first-order valence-electron chi connectivity index (χ1n) is 3.94. The van der Waals surface area contributed by atoms with E-state index in [0.717, 1.165) is 6.42 Å². The minimum atomic E-state index is -1.04. The molecule has 2 saturated heterocycles. The van der Waals surface area contributed by atoms with Crippen LogP contribution < -0.4 is 0 Å². The molecule has 2 rings (SSSR count). The Morgan fingerprint density at radius 3 is 3.08 bits per heavy atom. The van der Waals surface area contributed by atoms with Crippen molar-refractivity contribution in [1.29, 1.82) is 0 Å². The van der Waals surface area contributed by atoms with Gasteiger partial charge in [-0.2, -0.15) is 0 Å². The number of aliphatic hydroxyl groups excluding tert-OH is 1. The summed E-state index contributed by atoms with van der Waals surface area (Å²) in [5.41, 5.74) is 0. The third kappa shape index (κ3) is 1.25. The van der Waals surface area contributed by atoms with Crippen molar-refractivity contribution < 1.29 is 24.1 Å². The summed E-state index contributed by atoms with van der Waals surface area (Å²) in [5, 5.41) is 9.30. The molecule has 0 amide bonds. The van der Waals surface area contributed by atoms with Crippen molar-refractivity contribution >= 4 is 6.16 Å². The molecule has 2 aliphatic heterocycles. The summed E-state index contributed by atoms with van der Waals surface area (Å²) in [7, 11) is 0. The molecular weight excluding hydrogens is 164 g/mol. The second-order valence-electron chi connectivity index (χ2n) is 2.89. The Labute approximate surface area is 69.2 Å². The summed E-state index contributed by atoms with van der Waals surface area (Å²) in [5.74, 6) is 0. The lowest BCUT2D eigenvalue weighted by Gasteiger charge is -2.15. The molecule has 0 spiro atoms. The molecule has 1 N–H and O–H groups in total. The minimum Gasteiger partial charge on any atom is -0.427 e. The molecule has 0 saturated carbocycles. The van der Waals surface area contributed by atoms with Gasteiger partial charge in [-0.25, -0.2) is 4.79 Å². The maximum atomic E-state index is 10.7. The van der Waals surface area contributed by atoms with Crippen LogP contribution in [-0.4, -0.2) is 36.4 Å². The number of rotatable bonds is 0. The first-order chi connectivity index (χ1) is 5.77. The Morgan fingerprint density at radius 2 is 2.25 bits per heavy atom. The van der Waals surface area contributed by atoms with Crippen molar-refractivity contribution in [2.24, 2.45) is 0 Å². The van der Waals surface area contributed by atoms with E-state index < -0.39 is 18.5 Å². The smallest absolute Gasteiger partial charge is 0.427 e. The molecule has 2 unspecified atom stereocenters. The third-order valence-corrected chi connectivity index (χ3v) is 2.05. The zero-order chi connectivity index (χ0) is 8.55. The number of fused-ring (bicyclic) bond motifs is 1. The largest absolute Gasteiger partial charge is 0.509 e. The van der Waals surface area contributed by atoms with E-state index in [1.54, 1.807) is 0 Å². The van der Waals surface area contributed by atoms with Gasteiger partial charge < -0.3 is 19.3 Å². The number of carbonyl (C=O) groups excluding carboxylic acids is 1. The van der Waals surface area contributed by atoms with Gasteiger partial charge >= 0.3 is 6.16 Å². The van der Waals surface area contributed by atoms with E-state index in [4.69, 9.17) is 14.2 Å². The van der Waals surface area contributed by atoms with Gasteiger partial charge in [-0.05, 0) is 12.8 Å². The predicted molar refractivity (Wildman–Crippen MR) is 36.3 cm³/mol. The monoisotopic (exact) mass is 174 g/mol. The van der Waals surface area contributed by atoms with Crippen LogP contribution in [0.15, 0.2) is 0 Å². The van der Waals surface area contributed by atoms with Crippen LogP contribution in [0.1, 0.15) is 12.8 Å². The molecule has 0 radical (unpaired) electrons. The van der Waals surface area contributed by atoms with Gasteiger partial charge in [0.15, 0.2) is 12.4 Å². The maximum absolute atomic E-state index is 10.7. The van der Waals surface area contributed by atoms with Crippen molar-refractivity contribution in [3.8, 4) is 0 Å². The number of carbonyl (C=O) groups is 1. The molecule has 0 aromatic carbocycles. The fourth-order valence-electron chi connectivity index (χ4n) is 1.45. The van der Waals surface area contributed by atoms with E-state index in [0.29, 0.717) is 13.0 Å². The van der Waals surface area contributed by atoms with Crippen LogP contribution in [0.4, 0.5) is 4.79 Å². The highest BCUT2D eigenvalue weighted by molar-refractivity contribution is 5.62. The molecule has 5 heteroatoms. The summed E-state index contributed by atoms with van der Waals surface area (Å²) >= 11 is 0. The average molecular weight is 174 g/mol. The van der Waals surface area contributed by atoms with Gasteiger partial charge in [0.05, 0.1) is 6.61 Å². The summed E-state index contributed by atoms with van der Waals surface area (Å²) in [6.45, 7) is 0.481. The van der Waals surface area contributed by atoms with Gasteiger partial charge in [0.25, 0.3) is 0 Å². The fourth-order valence-corrected chi connectivity index (χ4v) is 1.45. The van der Waals surface area contributed by atoms with E-state index >= 15 is 0 Å². The normalized spacial score (nSPS) is 41.1. The quantitative estimate of drug-likeness (QED) is 0.524. The average Bonchev–Trinajstić information content (AvgIpc) is 2.33. The summed E-state index contributed by atoms with van der Waals surface area (Å²) in [6.07, 6.45) is -1.27. The zero-order valence-electron chi connectivity index (χ0n) is 6.43. The van der Waals surface area contributed by atoms with Crippen LogP contribution in [0.25, 0.3) is 0 Å². The van der Waals surface area contributed by atoms with E-state index in [1.165, 1.54) is 0 Å². The van der Waals surface area contributed by atoms with E-state index in [9.17, 15) is 9.90 Å². The van der Waals surface area contributed by atoms with Gasteiger partial charge in [-0.3, -0.25) is 0 Å². The van der Waals surface area contributed by atoms with Crippen molar-refractivity contribution in [2.45, 2.75) is 31.3 Å². The molecule has 2 fully saturated rings. The highest BCUT2D eigenvalue weighted by Crippen LogP contribution is 2.25. The van der Waals surface area contributed by atoms with Crippen molar-refractivity contribution in [3.63, 3.8) is 0 Å². The summed E-state index contributed by atoms with van der Waals surface area (Å²) in [6, 6.07) is 0. The van der Waals surface area contributed by atoms with Gasteiger partial charge in [-0.1, -0.05) is 0 Å². The predicted octanol–water partition coefficient (Wildman–Crippen LogP) is 0.0192. The Hall–Kier alpha value is -0.810. The molecule has 3 atom stereocenters. The molecule has 12 heavy (non-hydrogen) atoms. The molecule has 2 aliphatic rings. The van der Waals surface area contributed by atoms with Gasteiger partial charge in [-0.15, -0.1) is 0 Å². The molecule has 68 valence electrons. The Balaban J connectivity index is 2.09. The standard InChI is InChI=1S/C7H10O5/c8-6-5-4(2-1-3-10-6)11-7(9)12-5/h4-6,8H,1-3H2/t4?,5-,6?/m0/s1. The minimum absolute atomic E-state index is 0.338. The number of hydrogen-bond acceptors (Lipinski definition) is 5. The Bertz CT molecular complexity index is 192. The number of aliphatic hydroxyl groups is 1. The third-order valence-electron chi connectivity index (χ3n) is 2.05. The summed E-state index contributed by atoms with van der Waals surface area (Å²) in [4.78, 5) is 10.7. The molecule has 0 aromatic heterocycles. The van der Waals surface area contributed by atoms with Crippen LogP contribution in [-0.2, 0) is 14.2 Å². The molecular formula is C7H10O5. The van der Waals surface area contributed by atoms with Crippen molar-refractivity contribution in [1.82, 2.24) is 0 Å². The topological polar surface area (TPSA) is 65.0 Å².